The van der Waals surface area contributed by atoms with E-state index in [0.29, 0.717) is 12.0 Å². The highest BCUT2D eigenvalue weighted by Crippen LogP contribution is 2.04. The first kappa shape index (κ1) is 10.7. The molecule has 3 N–H and O–H groups in total. The summed E-state index contributed by atoms with van der Waals surface area (Å²) in [5.74, 6) is 5.41. The second kappa shape index (κ2) is 5.32. The number of thiocarbonyl (C=S) groups is 1. The number of nitrogens with one attached hydrogen (secondary N) is 1. The molecular weight excluding hydrogens is 160 g/mol. The van der Waals surface area contributed by atoms with E-state index >= 15 is 0 Å². The van der Waals surface area contributed by atoms with Gasteiger partial charge in [0.1, 0.15) is 0 Å². The molecule has 3 nitrogen and oxygen atoms in total. The minimum atomic E-state index is 0.269. The van der Waals surface area contributed by atoms with Crippen molar-refractivity contribution in [2.45, 2.75) is 33.2 Å². The molecule has 0 bridgehead atoms. The Hall–Kier alpha value is -0.350. The Kier molecular flexibility index (Phi) is 5.15. The molecule has 0 fully saturated rings. The van der Waals surface area contributed by atoms with Crippen LogP contribution in [0.15, 0.2) is 0 Å². The van der Waals surface area contributed by atoms with Crippen molar-refractivity contribution in [2.24, 2.45) is 11.8 Å². The quantitative estimate of drug-likeness (QED) is 0.501. The van der Waals surface area contributed by atoms with Crippen molar-refractivity contribution in [1.82, 2.24) is 5.32 Å². The van der Waals surface area contributed by atoms with E-state index in [9.17, 15) is 0 Å². The Morgan fingerprint density at radius 2 is 2.18 bits per heavy atom. The molecule has 0 spiro atoms. The van der Waals surface area contributed by atoms with Gasteiger partial charge in [-0.05, 0) is 24.6 Å². The van der Waals surface area contributed by atoms with Crippen LogP contribution in [0, 0.1) is 5.92 Å². The van der Waals surface area contributed by atoms with Crippen LogP contribution >= 0.6 is 12.2 Å². The van der Waals surface area contributed by atoms with Crippen LogP contribution in [0.2, 0.25) is 0 Å². The van der Waals surface area contributed by atoms with Crippen LogP contribution in [0.1, 0.15) is 27.2 Å². The Balaban J connectivity index is 3.78. The van der Waals surface area contributed by atoms with E-state index < -0.39 is 0 Å². The first-order valence-electron chi connectivity index (χ1n) is 3.79. The topological polar surface area (TPSA) is 47.3 Å². The van der Waals surface area contributed by atoms with Gasteiger partial charge in [0.15, 0.2) is 0 Å². The van der Waals surface area contributed by atoms with Crippen molar-refractivity contribution in [1.29, 1.82) is 0 Å². The predicted molar refractivity (Wildman–Crippen MR) is 49.9 cm³/mol. The number of nitrogens with two attached hydrogens (primary N) is 1. The second-order valence-corrected chi connectivity index (χ2v) is 3.18. The zero-order chi connectivity index (χ0) is 8.85. The van der Waals surface area contributed by atoms with E-state index in [4.69, 9.17) is 18.1 Å². The summed E-state index contributed by atoms with van der Waals surface area (Å²) in [6.07, 6.45) is 1.02. The lowest BCUT2D eigenvalue weighted by Crippen LogP contribution is -2.39. The van der Waals surface area contributed by atoms with E-state index in [2.05, 4.69) is 30.9 Å². The molecule has 11 heavy (non-hydrogen) atoms. The highest BCUT2D eigenvalue weighted by atomic mass is 32.1. The Morgan fingerprint density at radius 3 is 2.45 bits per heavy atom. The molecule has 4 heteroatoms. The largest absolute Gasteiger partial charge is 0.381 e. The van der Waals surface area contributed by atoms with Crippen LogP contribution in [0.4, 0.5) is 0 Å². The van der Waals surface area contributed by atoms with Crippen LogP contribution < -0.4 is 11.2 Å². The third-order valence-electron chi connectivity index (χ3n) is 1.65. The molecule has 1 atom stereocenters. The number of hydrogen-bond acceptors (Lipinski definition) is 3. The van der Waals surface area contributed by atoms with Crippen LogP contribution in [0.5, 0.6) is 0 Å². The lowest BCUT2D eigenvalue weighted by molar-refractivity contribution is 0.296. The van der Waals surface area contributed by atoms with Crippen molar-refractivity contribution in [3.8, 4) is 0 Å². The summed E-state index contributed by atoms with van der Waals surface area (Å²) in [6, 6.07) is 0.353. The standard InChI is InChI=1S/C7H16N2OS/c1-4-6(5(2)3)9-7(11)10-8/h5-6H,4,8H2,1-3H3,(H,9,11). The number of rotatable bonds is 3. The zero-order valence-corrected chi connectivity index (χ0v) is 8.07. The molecule has 0 aromatic rings. The second-order valence-electron chi connectivity index (χ2n) is 2.81. The first-order valence-corrected chi connectivity index (χ1v) is 4.19. The minimum Gasteiger partial charge on any atom is -0.381 e. The number of hydrogen-bond donors (Lipinski definition) is 2. The van der Waals surface area contributed by atoms with Gasteiger partial charge in [0.25, 0.3) is 5.17 Å². The van der Waals surface area contributed by atoms with Crippen molar-refractivity contribution in [2.75, 3.05) is 0 Å². The monoisotopic (exact) mass is 176 g/mol. The van der Waals surface area contributed by atoms with Gasteiger partial charge in [-0.3, -0.25) is 0 Å². The average Bonchev–Trinajstić information content (AvgIpc) is 1.99. The predicted octanol–water partition coefficient (Wildman–Crippen LogP) is 1.19. The maximum atomic E-state index is 4.87. The molecule has 0 heterocycles. The summed E-state index contributed by atoms with van der Waals surface area (Å²) in [4.78, 5) is 4.35. The Labute approximate surface area is 73.2 Å². The van der Waals surface area contributed by atoms with Gasteiger partial charge >= 0.3 is 0 Å². The van der Waals surface area contributed by atoms with Gasteiger partial charge in [-0.15, -0.1) is 0 Å². The van der Waals surface area contributed by atoms with Crippen LogP contribution in [-0.2, 0) is 4.84 Å². The molecule has 0 amide bonds. The molecule has 0 aromatic heterocycles. The summed E-state index contributed by atoms with van der Waals surface area (Å²) in [5.41, 5.74) is 0. The summed E-state index contributed by atoms with van der Waals surface area (Å²) >= 11 is 4.76. The maximum absolute atomic E-state index is 4.87. The van der Waals surface area contributed by atoms with E-state index in [0.717, 1.165) is 6.42 Å². The maximum Gasteiger partial charge on any atom is 0.278 e. The fourth-order valence-corrected chi connectivity index (χ4v) is 1.08. The SMILES string of the molecule is CCC(NC(=S)ON)C(C)C. The molecule has 0 aliphatic carbocycles. The van der Waals surface area contributed by atoms with Gasteiger partial charge in [0, 0.05) is 6.04 Å². The van der Waals surface area contributed by atoms with Crippen molar-refractivity contribution in [3.63, 3.8) is 0 Å². The summed E-state index contributed by atoms with van der Waals surface area (Å²) < 4.78 is 0. The minimum absolute atomic E-state index is 0.269. The molecule has 0 aromatic carbocycles. The summed E-state index contributed by atoms with van der Waals surface area (Å²) in [6.45, 7) is 6.34. The van der Waals surface area contributed by atoms with E-state index in [1.807, 2.05) is 0 Å². The van der Waals surface area contributed by atoms with Gasteiger partial charge < -0.3 is 10.2 Å². The third-order valence-corrected chi connectivity index (χ3v) is 1.87. The highest BCUT2D eigenvalue weighted by Gasteiger charge is 2.11. The molecule has 0 radical (unpaired) electrons. The first-order chi connectivity index (χ1) is 5.11. The lowest BCUT2D eigenvalue weighted by Gasteiger charge is -2.20. The van der Waals surface area contributed by atoms with Gasteiger partial charge in [-0.2, -0.15) is 5.90 Å². The van der Waals surface area contributed by atoms with Crippen LogP contribution in [-0.4, -0.2) is 11.2 Å². The molecule has 1 unspecified atom stereocenters. The lowest BCUT2D eigenvalue weighted by atomic mass is 10.0. The Bertz CT molecular complexity index is 128. The molecular formula is C7H16N2OS. The third kappa shape index (κ3) is 4.16. The van der Waals surface area contributed by atoms with Gasteiger partial charge in [0.05, 0.1) is 0 Å². The highest BCUT2D eigenvalue weighted by molar-refractivity contribution is 7.80. The molecule has 66 valence electrons. The molecule has 0 aliphatic heterocycles. The molecule has 0 aliphatic rings. The van der Waals surface area contributed by atoms with Crippen LogP contribution in [0.25, 0.3) is 0 Å². The van der Waals surface area contributed by atoms with Crippen LogP contribution in [0.3, 0.4) is 0 Å². The average molecular weight is 176 g/mol. The smallest absolute Gasteiger partial charge is 0.278 e. The molecule has 0 saturated carbocycles. The van der Waals surface area contributed by atoms with E-state index in [1.165, 1.54) is 0 Å². The fourth-order valence-electron chi connectivity index (χ4n) is 0.926. The van der Waals surface area contributed by atoms with Gasteiger partial charge in [-0.1, -0.05) is 20.8 Å². The van der Waals surface area contributed by atoms with E-state index in [1.54, 1.807) is 0 Å². The summed E-state index contributed by atoms with van der Waals surface area (Å²) in [7, 11) is 0. The van der Waals surface area contributed by atoms with Crippen molar-refractivity contribution >= 4 is 17.4 Å². The van der Waals surface area contributed by atoms with Crippen molar-refractivity contribution in [3.05, 3.63) is 0 Å². The van der Waals surface area contributed by atoms with E-state index in [-0.39, 0.29) is 5.17 Å². The van der Waals surface area contributed by atoms with Gasteiger partial charge in [-0.25, -0.2) is 0 Å². The molecule has 0 rings (SSSR count). The van der Waals surface area contributed by atoms with Gasteiger partial charge in [0.2, 0.25) is 0 Å². The zero-order valence-electron chi connectivity index (χ0n) is 7.26. The summed E-state index contributed by atoms with van der Waals surface area (Å²) in [5, 5.41) is 3.27. The fraction of sp³-hybridized carbons (Fsp3) is 0.857. The van der Waals surface area contributed by atoms with Crippen molar-refractivity contribution < 1.29 is 4.84 Å². The normalized spacial score (nSPS) is 12.8. The Morgan fingerprint density at radius 1 is 1.64 bits per heavy atom. The molecule has 0 saturated heterocycles.